The molecule has 0 unspecified atom stereocenters. The van der Waals surface area contributed by atoms with Crippen LogP contribution in [0.5, 0.6) is 0 Å². The van der Waals surface area contributed by atoms with Crippen LogP contribution >= 0.6 is 0 Å². The van der Waals surface area contributed by atoms with Gasteiger partial charge in [0.25, 0.3) is 0 Å². The van der Waals surface area contributed by atoms with Crippen LogP contribution in [0.15, 0.2) is 71.3 Å². The summed E-state index contributed by atoms with van der Waals surface area (Å²) in [4.78, 5) is 0.388. The fourth-order valence-electron chi connectivity index (χ4n) is 5.47. The molecule has 2 atom stereocenters. The fraction of sp³-hybridized carbons (Fsp3) is 0.433. The topological polar surface area (TPSA) is 61.2 Å². The van der Waals surface area contributed by atoms with Gasteiger partial charge in [-0.15, -0.1) is 0 Å². The van der Waals surface area contributed by atoms with E-state index in [-0.39, 0.29) is 10.9 Å². The van der Waals surface area contributed by atoms with Gasteiger partial charge in [0.2, 0.25) is 0 Å². The molecule has 1 fully saturated rings. The van der Waals surface area contributed by atoms with Crippen molar-refractivity contribution in [2.24, 2.45) is 5.41 Å². The molecule has 0 aliphatic heterocycles. The largest absolute Gasteiger partial charge is 0.416 e. The fourth-order valence-corrected chi connectivity index (χ4v) is 8.42. The normalized spacial score (nSPS) is 21.9. The Kier molecular flexibility index (Phi) is 6.81. The van der Waals surface area contributed by atoms with Crippen LogP contribution < -0.4 is 0 Å². The molecule has 0 spiro atoms. The van der Waals surface area contributed by atoms with Crippen LogP contribution in [-0.2, 0) is 20.7 Å². The molecule has 2 aliphatic rings. The lowest BCUT2D eigenvalue weighted by molar-refractivity contribution is 0.135. The third-order valence-corrected chi connectivity index (χ3v) is 15.5. The third kappa shape index (κ3) is 4.82. The van der Waals surface area contributed by atoms with E-state index in [0.29, 0.717) is 37.2 Å². The standard InChI is InChI=1S/C30H37FN2O3SSi/c1-29(2,3)38(4,5)36-21-30-18-22-20-32-33(25-14-12-24(31)13-15-25)28(22)17-23(30)11-16-27(19-30)37(34,35)26-9-7-6-8-10-26/h6-10,12-15,17,20,27H,11,16,18-19,21H2,1-5H3/t27-,30-/m1/s1. The van der Waals surface area contributed by atoms with Gasteiger partial charge in [0, 0.05) is 12.0 Å². The van der Waals surface area contributed by atoms with Gasteiger partial charge in [-0.05, 0) is 91.9 Å². The zero-order chi connectivity index (χ0) is 27.3. The number of benzene rings is 2. The van der Waals surface area contributed by atoms with Crippen LogP contribution in [-0.4, -0.2) is 38.4 Å². The lowest BCUT2D eigenvalue weighted by Gasteiger charge is -2.47. The van der Waals surface area contributed by atoms with Crippen LogP contribution in [0.1, 0.15) is 51.3 Å². The average molecular weight is 553 g/mol. The highest BCUT2D eigenvalue weighted by atomic mass is 32.2. The van der Waals surface area contributed by atoms with E-state index in [1.54, 1.807) is 36.4 Å². The zero-order valence-electron chi connectivity index (χ0n) is 22.9. The van der Waals surface area contributed by atoms with Crippen molar-refractivity contribution < 1.29 is 17.2 Å². The number of fused-ring (bicyclic) bond motifs is 2. The summed E-state index contributed by atoms with van der Waals surface area (Å²) in [6.45, 7) is 11.7. The Bertz CT molecular complexity index is 1460. The molecule has 8 heteroatoms. The number of nitrogens with zero attached hydrogens (tertiary/aromatic N) is 2. The predicted octanol–water partition coefficient (Wildman–Crippen LogP) is 6.99. The van der Waals surface area contributed by atoms with Gasteiger partial charge in [-0.1, -0.05) is 44.5 Å². The molecule has 0 radical (unpaired) electrons. The maximum absolute atomic E-state index is 13.7. The Morgan fingerprint density at radius 3 is 2.45 bits per heavy atom. The number of hydrogen-bond acceptors (Lipinski definition) is 4. The quantitative estimate of drug-likeness (QED) is 0.309. The summed E-state index contributed by atoms with van der Waals surface area (Å²) in [7, 11) is -5.56. The number of sulfone groups is 1. The lowest BCUT2D eigenvalue weighted by atomic mass is 9.65. The van der Waals surface area contributed by atoms with E-state index < -0.39 is 28.8 Å². The highest BCUT2D eigenvalue weighted by Crippen LogP contribution is 2.51. The molecule has 202 valence electrons. The van der Waals surface area contributed by atoms with E-state index in [2.05, 4.69) is 45.0 Å². The second-order valence-electron chi connectivity index (χ2n) is 12.3. The summed E-state index contributed by atoms with van der Waals surface area (Å²) in [5.41, 5.74) is 3.67. The van der Waals surface area contributed by atoms with Crippen molar-refractivity contribution in [2.45, 2.75) is 74.7 Å². The zero-order valence-corrected chi connectivity index (χ0v) is 24.7. The van der Waals surface area contributed by atoms with E-state index in [9.17, 15) is 12.8 Å². The van der Waals surface area contributed by atoms with E-state index in [1.807, 2.05) is 16.9 Å². The van der Waals surface area contributed by atoms with Gasteiger partial charge in [-0.25, -0.2) is 17.5 Å². The molecule has 1 aromatic heterocycles. The van der Waals surface area contributed by atoms with Crippen LogP contribution in [0.2, 0.25) is 18.1 Å². The van der Waals surface area contributed by atoms with Gasteiger partial charge in [-0.3, -0.25) is 0 Å². The van der Waals surface area contributed by atoms with E-state index >= 15 is 0 Å². The SMILES string of the molecule is CC(C)(C)[Si](C)(C)OC[C@]12Cc3cnn(-c4ccc(F)cc4)c3C=C1CC[C@@H](S(=O)(=O)c1ccccc1)C2. The Balaban J connectivity index is 1.54. The van der Waals surface area contributed by atoms with Crippen molar-refractivity contribution in [3.8, 4) is 5.69 Å². The smallest absolute Gasteiger partial charge is 0.192 e. The summed E-state index contributed by atoms with van der Waals surface area (Å²) >= 11 is 0. The monoisotopic (exact) mass is 552 g/mol. The summed E-state index contributed by atoms with van der Waals surface area (Å²) in [5.74, 6) is -0.284. The lowest BCUT2D eigenvalue weighted by Crippen LogP contribution is -2.48. The van der Waals surface area contributed by atoms with Crippen molar-refractivity contribution >= 4 is 24.2 Å². The highest BCUT2D eigenvalue weighted by Gasteiger charge is 2.49. The molecule has 0 bridgehead atoms. The molecule has 2 aromatic carbocycles. The first-order valence-corrected chi connectivity index (χ1v) is 17.7. The van der Waals surface area contributed by atoms with Crippen molar-refractivity contribution in [2.75, 3.05) is 6.61 Å². The van der Waals surface area contributed by atoms with Crippen LogP contribution in [0.25, 0.3) is 11.8 Å². The van der Waals surface area contributed by atoms with Gasteiger partial charge in [0.05, 0.1) is 27.7 Å². The van der Waals surface area contributed by atoms with Gasteiger partial charge in [0.1, 0.15) is 5.82 Å². The molecule has 2 aliphatic carbocycles. The minimum atomic E-state index is -3.48. The van der Waals surface area contributed by atoms with Crippen molar-refractivity contribution in [1.82, 2.24) is 9.78 Å². The molecule has 38 heavy (non-hydrogen) atoms. The van der Waals surface area contributed by atoms with E-state index in [1.165, 1.54) is 17.7 Å². The highest BCUT2D eigenvalue weighted by molar-refractivity contribution is 7.92. The molecule has 1 heterocycles. The first-order chi connectivity index (χ1) is 17.8. The molecular weight excluding hydrogens is 515 g/mol. The third-order valence-electron chi connectivity index (χ3n) is 8.86. The van der Waals surface area contributed by atoms with E-state index in [4.69, 9.17) is 4.43 Å². The minimum Gasteiger partial charge on any atom is -0.416 e. The van der Waals surface area contributed by atoms with Gasteiger partial charge < -0.3 is 4.43 Å². The Labute approximate surface area is 226 Å². The summed E-state index contributed by atoms with van der Waals surface area (Å²) in [5, 5.41) is 4.22. The molecule has 0 amide bonds. The molecule has 1 saturated carbocycles. The first-order valence-electron chi connectivity index (χ1n) is 13.3. The minimum absolute atomic E-state index is 0.0466. The number of hydrogen-bond donors (Lipinski definition) is 0. The van der Waals surface area contributed by atoms with Crippen molar-refractivity contribution in [3.05, 3.63) is 83.4 Å². The maximum Gasteiger partial charge on any atom is 0.192 e. The number of halogens is 1. The van der Waals surface area contributed by atoms with Crippen LogP contribution in [0.3, 0.4) is 0 Å². The second-order valence-corrected chi connectivity index (χ2v) is 19.4. The van der Waals surface area contributed by atoms with Crippen molar-refractivity contribution in [3.63, 3.8) is 0 Å². The maximum atomic E-state index is 13.7. The predicted molar refractivity (Wildman–Crippen MR) is 152 cm³/mol. The summed E-state index contributed by atoms with van der Waals surface area (Å²) < 4.78 is 49.7. The molecule has 0 saturated heterocycles. The van der Waals surface area contributed by atoms with Gasteiger partial charge in [-0.2, -0.15) is 5.10 Å². The van der Waals surface area contributed by atoms with Crippen molar-refractivity contribution in [1.29, 1.82) is 0 Å². The van der Waals surface area contributed by atoms with Crippen LogP contribution in [0.4, 0.5) is 4.39 Å². The summed E-state index contributed by atoms with van der Waals surface area (Å²) in [6.07, 6.45) is 6.51. The number of aromatic nitrogens is 2. The molecular formula is C30H37FN2O3SSi. The molecule has 3 aromatic rings. The van der Waals surface area contributed by atoms with E-state index in [0.717, 1.165) is 16.9 Å². The Morgan fingerprint density at radius 1 is 1.11 bits per heavy atom. The summed E-state index contributed by atoms with van der Waals surface area (Å²) in [6, 6.07) is 15.2. The molecule has 5 nitrogen and oxygen atoms in total. The second kappa shape index (κ2) is 9.57. The number of rotatable bonds is 6. The first kappa shape index (κ1) is 27.0. The molecule has 0 N–H and O–H groups in total. The van der Waals surface area contributed by atoms with Gasteiger partial charge in [0.15, 0.2) is 18.2 Å². The van der Waals surface area contributed by atoms with Crippen LogP contribution in [0, 0.1) is 11.2 Å². The Hall–Kier alpha value is -2.55. The Morgan fingerprint density at radius 2 is 1.79 bits per heavy atom. The average Bonchev–Trinajstić information content (AvgIpc) is 3.28. The van der Waals surface area contributed by atoms with Gasteiger partial charge >= 0.3 is 0 Å². The molecule has 5 rings (SSSR count).